The second kappa shape index (κ2) is 6.76. The molecule has 3 aromatic carbocycles. The molecule has 27 heavy (non-hydrogen) atoms. The first kappa shape index (κ1) is 17.1. The minimum atomic E-state index is -0.223. The van der Waals surface area contributed by atoms with Crippen molar-refractivity contribution in [3.05, 3.63) is 71.3 Å². The van der Waals surface area contributed by atoms with Crippen molar-refractivity contribution in [3.63, 3.8) is 0 Å². The zero-order valence-electron chi connectivity index (χ0n) is 15.2. The summed E-state index contributed by atoms with van der Waals surface area (Å²) in [7, 11) is 0. The number of carbonyl (C=O) groups excluding carboxylic acids is 2. The van der Waals surface area contributed by atoms with E-state index < -0.39 is 0 Å². The van der Waals surface area contributed by atoms with Gasteiger partial charge in [-0.15, -0.1) is 0 Å². The van der Waals surface area contributed by atoms with Crippen LogP contribution in [0.25, 0.3) is 10.8 Å². The molecule has 0 atom stereocenters. The third kappa shape index (κ3) is 2.91. The molecule has 3 aromatic rings. The van der Waals surface area contributed by atoms with Crippen LogP contribution in [0.1, 0.15) is 33.2 Å². The summed E-state index contributed by atoms with van der Waals surface area (Å²) < 4.78 is 0. The fourth-order valence-corrected chi connectivity index (χ4v) is 3.61. The van der Waals surface area contributed by atoms with Gasteiger partial charge in [0.25, 0.3) is 11.8 Å². The molecule has 1 aliphatic heterocycles. The molecule has 3 N–H and O–H groups in total. The Morgan fingerprint density at radius 2 is 1.63 bits per heavy atom. The Balaban J connectivity index is 1.65. The first-order chi connectivity index (χ1) is 13.1. The van der Waals surface area contributed by atoms with E-state index in [4.69, 9.17) is 5.73 Å². The van der Waals surface area contributed by atoms with Crippen molar-refractivity contribution < 1.29 is 9.59 Å². The number of nitrogens with one attached hydrogen (secondary N) is 1. The number of hydrogen-bond donors (Lipinski definition) is 2. The lowest BCUT2D eigenvalue weighted by Crippen LogP contribution is -2.40. The second-order valence-corrected chi connectivity index (χ2v) is 6.66. The molecule has 0 aromatic heterocycles. The zero-order valence-corrected chi connectivity index (χ0v) is 15.2. The Morgan fingerprint density at radius 1 is 0.926 bits per heavy atom. The predicted molar refractivity (Wildman–Crippen MR) is 108 cm³/mol. The summed E-state index contributed by atoms with van der Waals surface area (Å²) in [6.45, 7) is 2.93. The van der Waals surface area contributed by atoms with Crippen molar-refractivity contribution in [1.29, 1.82) is 0 Å². The van der Waals surface area contributed by atoms with Gasteiger partial charge in [-0.1, -0.05) is 24.3 Å². The van der Waals surface area contributed by atoms with Crippen LogP contribution in [0.5, 0.6) is 0 Å². The number of amides is 2. The molecule has 0 bridgehead atoms. The maximum atomic E-state index is 12.7. The van der Waals surface area contributed by atoms with Crippen LogP contribution in [0, 0.1) is 0 Å². The Kier molecular flexibility index (Phi) is 4.28. The summed E-state index contributed by atoms with van der Waals surface area (Å²) in [5.74, 6) is -0.445. The quantitative estimate of drug-likeness (QED) is 0.538. The summed E-state index contributed by atoms with van der Waals surface area (Å²) in [4.78, 5) is 26.6. The zero-order chi connectivity index (χ0) is 19.0. The SMILES string of the molecule is CCN1C(=O)c2cccc3c(NCCc4ccc(N)cc4)ccc(c23)C1=O. The number of hydrogen-bond acceptors (Lipinski definition) is 4. The molecule has 0 saturated carbocycles. The largest absolute Gasteiger partial charge is 0.399 e. The fraction of sp³-hybridized carbons (Fsp3) is 0.182. The smallest absolute Gasteiger partial charge is 0.261 e. The van der Waals surface area contributed by atoms with E-state index in [2.05, 4.69) is 5.32 Å². The third-order valence-corrected chi connectivity index (χ3v) is 5.02. The van der Waals surface area contributed by atoms with E-state index in [1.165, 1.54) is 10.5 Å². The lowest BCUT2D eigenvalue weighted by atomic mass is 9.93. The highest BCUT2D eigenvalue weighted by atomic mass is 16.2. The van der Waals surface area contributed by atoms with Crippen molar-refractivity contribution >= 4 is 34.0 Å². The molecule has 0 fully saturated rings. The van der Waals surface area contributed by atoms with Gasteiger partial charge in [0, 0.05) is 46.4 Å². The minimum absolute atomic E-state index is 0.223. The highest BCUT2D eigenvalue weighted by molar-refractivity contribution is 6.26. The van der Waals surface area contributed by atoms with Crippen molar-refractivity contribution in [3.8, 4) is 0 Å². The second-order valence-electron chi connectivity index (χ2n) is 6.66. The average molecular weight is 359 g/mol. The summed E-state index contributed by atoms with van der Waals surface area (Å²) >= 11 is 0. The molecule has 0 radical (unpaired) electrons. The lowest BCUT2D eigenvalue weighted by molar-refractivity contribution is 0.0619. The molecule has 4 rings (SSSR count). The van der Waals surface area contributed by atoms with E-state index in [0.717, 1.165) is 35.1 Å². The van der Waals surface area contributed by atoms with Crippen molar-refractivity contribution in [2.75, 3.05) is 24.1 Å². The molecule has 5 heteroatoms. The van der Waals surface area contributed by atoms with Crippen LogP contribution < -0.4 is 11.1 Å². The summed E-state index contributed by atoms with van der Waals surface area (Å²) in [5.41, 5.74) is 9.78. The molecule has 136 valence electrons. The topological polar surface area (TPSA) is 75.4 Å². The first-order valence-electron chi connectivity index (χ1n) is 9.10. The van der Waals surface area contributed by atoms with E-state index in [0.29, 0.717) is 17.7 Å². The van der Waals surface area contributed by atoms with Crippen molar-refractivity contribution in [2.45, 2.75) is 13.3 Å². The average Bonchev–Trinajstić information content (AvgIpc) is 2.68. The van der Waals surface area contributed by atoms with E-state index in [9.17, 15) is 9.59 Å². The highest BCUT2D eigenvalue weighted by Gasteiger charge is 2.32. The lowest BCUT2D eigenvalue weighted by Gasteiger charge is -2.26. The summed E-state index contributed by atoms with van der Waals surface area (Å²) in [5, 5.41) is 5.09. The fourth-order valence-electron chi connectivity index (χ4n) is 3.61. The van der Waals surface area contributed by atoms with Crippen LogP contribution in [0.2, 0.25) is 0 Å². The first-order valence-corrected chi connectivity index (χ1v) is 9.10. The van der Waals surface area contributed by atoms with Crippen LogP contribution in [-0.2, 0) is 6.42 Å². The summed E-state index contributed by atoms with van der Waals surface area (Å²) in [6, 6.07) is 17.2. The van der Waals surface area contributed by atoms with Gasteiger partial charge in [0.2, 0.25) is 0 Å². The molecule has 0 aliphatic carbocycles. The summed E-state index contributed by atoms with van der Waals surface area (Å²) in [6.07, 6.45) is 0.852. The molecular weight excluding hydrogens is 338 g/mol. The maximum absolute atomic E-state index is 12.7. The van der Waals surface area contributed by atoms with Crippen molar-refractivity contribution in [1.82, 2.24) is 4.90 Å². The van der Waals surface area contributed by atoms with Crippen LogP contribution >= 0.6 is 0 Å². The molecule has 0 saturated heterocycles. The minimum Gasteiger partial charge on any atom is -0.399 e. The predicted octanol–water partition coefficient (Wildman–Crippen LogP) is 3.69. The van der Waals surface area contributed by atoms with E-state index in [1.807, 2.05) is 55.5 Å². The van der Waals surface area contributed by atoms with Gasteiger partial charge in [-0.3, -0.25) is 14.5 Å². The maximum Gasteiger partial charge on any atom is 0.261 e. The number of carbonyl (C=O) groups is 2. The third-order valence-electron chi connectivity index (χ3n) is 5.02. The molecule has 0 spiro atoms. The Labute approximate surface area is 157 Å². The van der Waals surface area contributed by atoms with Gasteiger partial charge in [0.05, 0.1) is 0 Å². The monoisotopic (exact) mass is 359 g/mol. The molecule has 0 unspecified atom stereocenters. The van der Waals surface area contributed by atoms with Crippen molar-refractivity contribution in [2.24, 2.45) is 0 Å². The Bertz CT molecular complexity index is 1020. The number of anilines is 2. The van der Waals surface area contributed by atoms with Crippen LogP contribution in [0.4, 0.5) is 11.4 Å². The molecule has 1 aliphatic rings. The number of nitrogen functional groups attached to an aromatic ring is 1. The van der Waals surface area contributed by atoms with E-state index in [-0.39, 0.29) is 11.8 Å². The van der Waals surface area contributed by atoms with Gasteiger partial charge < -0.3 is 11.1 Å². The number of rotatable bonds is 5. The van der Waals surface area contributed by atoms with Gasteiger partial charge in [0.15, 0.2) is 0 Å². The van der Waals surface area contributed by atoms with Gasteiger partial charge in [-0.2, -0.15) is 0 Å². The highest BCUT2D eigenvalue weighted by Crippen LogP contribution is 2.34. The Morgan fingerprint density at radius 3 is 2.33 bits per heavy atom. The molecule has 1 heterocycles. The van der Waals surface area contributed by atoms with Gasteiger partial charge in [0.1, 0.15) is 0 Å². The van der Waals surface area contributed by atoms with Crippen LogP contribution in [0.3, 0.4) is 0 Å². The molecular formula is C22H21N3O2. The Hall–Kier alpha value is -3.34. The van der Waals surface area contributed by atoms with Crippen LogP contribution in [0.15, 0.2) is 54.6 Å². The van der Waals surface area contributed by atoms with E-state index in [1.54, 1.807) is 6.07 Å². The normalized spacial score (nSPS) is 13.3. The molecule has 5 nitrogen and oxygen atoms in total. The number of imide groups is 1. The number of nitrogens with two attached hydrogens (primary N) is 1. The van der Waals surface area contributed by atoms with Crippen LogP contribution in [-0.4, -0.2) is 29.8 Å². The number of benzene rings is 3. The molecule has 2 amide bonds. The standard InChI is InChI=1S/C22H21N3O2/c1-2-25-21(26)17-5-3-4-16-19(11-10-18(20(16)17)22(25)27)24-13-12-14-6-8-15(23)9-7-14/h3-11,24H,2,12-13,23H2,1H3. The number of nitrogens with zero attached hydrogens (tertiary/aromatic N) is 1. The van der Waals surface area contributed by atoms with E-state index >= 15 is 0 Å². The van der Waals surface area contributed by atoms with Gasteiger partial charge in [-0.05, 0) is 49.2 Å². The van der Waals surface area contributed by atoms with Gasteiger partial charge in [-0.25, -0.2) is 0 Å². The van der Waals surface area contributed by atoms with Gasteiger partial charge >= 0.3 is 0 Å².